The third kappa shape index (κ3) is 3.81. The fourth-order valence-corrected chi connectivity index (χ4v) is 2.11. The molecular weight excluding hydrogens is 207 g/mol. The first-order valence-electron chi connectivity index (χ1n) is 5.08. The zero-order valence-corrected chi connectivity index (χ0v) is 8.97. The van der Waals surface area contributed by atoms with E-state index in [1.807, 2.05) is 6.92 Å². The number of hydrogen-bond donors (Lipinski definition) is 0. The smallest absolute Gasteiger partial charge is 0.300 e. The summed E-state index contributed by atoms with van der Waals surface area (Å²) in [6, 6.07) is -0.257. The highest BCUT2D eigenvalue weighted by atomic mass is 19.4. The zero-order chi connectivity index (χ0) is 11.6. The van der Waals surface area contributed by atoms with Gasteiger partial charge in [-0.15, -0.1) is 0 Å². The lowest BCUT2D eigenvalue weighted by molar-refractivity contribution is -0.152. The van der Waals surface area contributed by atoms with E-state index in [1.165, 1.54) is 11.9 Å². The van der Waals surface area contributed by atoms with Crippen LogP contribution in [0.5, 0.6) is 0 Å². The van der Waals surface area contributed by atoms with Gasteiger partial charge in [-0.2, -0.15) is 13.2 Å². The molecule has 0 aromatic heterocycles. The number of nitrogens with zero attached hydrogens (tertiary/aromatic N) is 1. The summed E-state index contributed by atoms with van der Waals surface area (Å²) >= 11 is 0. The fraction of sp³-hybridized carbons (Fsp3) is 0.900. The van der Waals surface area contributed by atoms with Crippen LogP contribution in [0, 0.1) is 5.92 Å². The quantitative estimate of drug-likeness (QED) is 0.715. The van der Waals surface area contributed by atoms with Gasteiger partial charge in [0.2, 0.25) is 0 Å². The van der Waals surface area contributed by atoms with Crippen molar-refractivity contribution in [3.8, 4) is 0 Å². The summed E-state index contributed by atoms with van der Waals surface area (Å²) in [6.07, 6.45) is -2.72. The van der Waals surface area contributed by atoms with Crippen molar-refractivity contribution in [3.05, 3.63) is 0 Å². The highest BCUT2D eigenvalue weighted by Gasteiger charge is 2.36. The monoisotopic (exact) mass is 223 g/mol. The summed E-state index contributed by atoms with van der Waals surface area (Å²) in [4.78, 5) is 12.4. The fourth-order valence-electron chi connectivity index (χ4n) is 2.11. The molecular formula is C10H16F3NO. The molecule has 1 aliphatic carbocycles. The van der Waals surface area contributed by atoms with Gasteiger partial charge in [0, 0.05) is 18.9 Å². The Morgan fingerprint density at radius 3 is 2.60 bits per heavy atom. The van der Waals surface area contributed by atoms with Gasteiger partial charge in [-0.1, -0.05) is 6.92 Å². The number of rotatable bonds is 2. The minimum atomic E-state index is -4.19. The van der Waals surface area contributed by atoms with Crippen molar-refractivity contribution < 1.29 is 18.0 Å². The molecule has 0 bridgehead atoms. The minimum absolute atomic E-state index is 0.0760. The summed E-state index contributed by atoms with van der Waals surface area (Å²) in [5.41, 5.74) is 0. The lowest BCUT2D eigenvalue weighted by atomic mass is 9.84. The van der Waals surface area contributed by atoms with E-state index in [1.54, 1.807) is 0 Å². The number of hydrogen-bond acceptors (Lipinski definition) is 2. The van der Waals surface area contributed by atoms with E-state index in [2.05, 4.69) is 0 Å². The lowest BCUT2D eigenvalue weighted by Gasteiger charge is -2.35. The summed E-state index contributed by atoms with van der Waals surface area (Å²) in [5, 5.41) is 0. The molecule has 0 spiro atoms. The van der Waals surface area contributed by atoms with E-state index in [9.17, 15) is 18.0 Å². The Kier molecular flexibility index (Phi) is 3.76. The summed E-state index contributed by atoms with van der Waals surface area (Å²) in [5.74, 6) is 0.238. The van der Waals surface area contributed by atoms with Crippen molar-refractivity contribution in [3.63, 3.8) is 0 Å². The van der Waals surface area contributed by atoms with Crippen LogP contribution in [0.4, 0.5) is 13.2 Å². The van der Waals surface area contributed by atoms with E-state index >= 15 is 0 Å². The normalized spacial score (nSPS) is 28.5. The molecule has 0 radical (unpaired) electrons. The van der Waals surface area contributed by atoms with E-state index < -0.39 is 12.7 Å². The molecule has 2 atom stereocenters. The molecule has 0 amide bonds. The molecule has 0 N–H and O–H groups in total. The topological polar surface area (TPSA) is 20.3 Å². The molecule has 2 nitrogen and oxygen atoms in total. The van der Waals surface area contributed by atoms with Crippen LogP contribution in [-0.2, 0) is 4.79 Å². The molecule has 1 fully saturated rings. The van der Waals surface area contributed by atoms with Gasteiger partial charge >= 0.3 is 6.18 Å². The number of halogens is 3. The molecule has 1 aliphatic rings. The van der Waals surface area contributed by atoms with Crippen LogP contribution in [0.25, 0.3) is 0 Å². The Bertz CT molecular complexity index is 239. The number of ketones is 1. The van der Waals surface area contributed by atoms with Crippen molar-refractivity contribution >= 4 is 5.78 Å². The summed E-state index contributed by atoms with van der Waals surface area (Å²) < 4.78 is 36.5. The van der Waals surface area contributed by atoms with Gasteiger partial charge in [0.25, 0.3) is 0 Å². The molecule has 1 saturated carbocycles. The molecule has 0 aliphatic heterocycles. The van der Waals surface area contributed by atoms with Crippen LogP contribution in [0.3, 0.4) is 0 Å². The van der Waals surface area contributed by atoms with E-state index in [0.717, 1.165) is 0 Å². The molecule has 2 unspecified atom stereocenters. The molecule has 5 heteroatoms. The SMILES string of the molecule is CC1CCC(=O)CC1N(C)CC(F)(F)F. The Balaban J connectivity index is 2.57. The van der Waals surface area contributed by atoms with Crippen LogP contribution in [0.1, 0.15) is 26.2 Å². The van der Waals surface area contributed by atoms with Gasteiger partial charge in [0.15, 0.2) is 0 Å². The predicted octanol–water partition coefficient (Wildman–Crippen LogP) is 2.24. The second-order valence-corrected chi connectivity index (χ2v) is 4.36. The van der Waals surface area contributed by atoms with Crippen molar-refractivity contribution in [2.75, 3.05) is 13.6 Å². The summed E-state index contributed by atoms with van der Waals surface area (Å²) in [7, 11) is 1.44. The molecule has 1 rings (SSSR count). The van der Waals surface area contributed by atoms with Crippen LogP contribution in [0.15, 0.2) is 0 Å². The number of alkyl halides is 3. The Labute approximate surface area is 87.4 Å². The van der Waals surface area contributed by atoms with E-state index in [0.29, 0.717) is 12.8 Å². The Morgan fingerprint density at radius 2 is 2.07 bits per heavy atom. The lowest BCUT2D eigenvalue weighted by Crippen LogP contribution is -2.45. The van der Waals surface area contributed by atoms with Gasteiger partial charge in [-0.3, -0.25) is 9.69 Å². The Morgan fingerprint density at radius 1 is 1.47 bits per heavy atom. The maximum Gasteiger partial charge on any atom is 0.401 e. The highest BCUT2D eigenvalue weighted by Crippen LogP contribution is 2.27. The van der Waals surface area contributed by atoms with E-state index in [4.69, 9.17) is 0 Å². The molecule has 88 valence electrons. The second kappa shape index (κ2) is 4.51. The molecule has 0 saturated heterocycles. The van der Waals surface area contributed by atoms with Crippen molar-refractivity contribution in [2.45, 2.75) is 38.4 Å². The maximum atomic E-state index is 12.2. The third-order valence-corrected chi connectivity index (χ3v) is 2.97. The molecule has 0 aromatic carbocycles. The van der Waals surface area contributed by atoms with Crippen LogP contribution in [-0.4, -0.2) is 36.5 Å². The predicted molar refractivity (Wildman–Crippen MR) is 50.5 cm³/mol. The molecule has 0 aromatic rings. The third-order valence-electron chi connectivity index (χ3n) is 2.97. The number of Topliss-reactive ketones (excluding diaryl/α,β-unsaturated/α-hetero) is 1. The highest BCUT2D eigenvalue weighted by molar-refractivity contribution is 5.79. The van der Waals surface area contributed by atoms with Gasteiger partial charge in [0.1, 0.15) is 5.78 Å². The number of carbonyl (C=O) groups excluding carboxylic acids is 1. The van der Waals surface area contributed by atoms with Crippen LogP contribution >= 0.6 is 0 Å². The number of carbonyl (C=O) groups is 1. The molecule has 15 heavy (non-hydrogen) atoms. The minimum Gasteiger partial charge on any atom is -0.300 e. The van der Waals surface area contributed by atoms with Crippen LogP contribution < -0.4 is 0 Å². The zero-order valence-electron chi connectivity index (χ0n) is 8.97. The average Bonchev–Trinajstić information content (AvgIpc) is 2.06. The van der Waals surface area contributed by atoms with Gasteiger partial charge < -0.3 is 0 Å². The van der Waals surface area contributed by atoms with Gasteiger partial charge in [0.05, 0.1) is 6.54 Å². The first kappa shape index (κ1) is 12.5. The van der Waals surface area contributed by atoms with Crippen molar-refractivity contribution in [1.29, 1.82) is 0 Å². The second-order valence-electron chi connectivity index (χ2n) is 4.36. The summed E-state index contributed by atoms with van der Waals surface area (Å²) in [6.45, 7) is 0.971. The first-order valence-corrected chi connectivity index (χ1v) is 5.08. The van der Waals surface area contributed by atoms with Crippen LogP contribution in [0.2, 0.25) is 0 Å². The van der Waals surface area contributed by atoms with Crippen molar-refractivity contribution in [1.82, 2.24) is 4.90 Å². The van der Waals surface area contributed by atoms with Gasteiger partial charge in [-0.25, -0.2) is 0 Å². The largest absolute Gasteiger partial charge is 0.401 e. The van der Waals surface area contributed by atoms with E-state index in [-0.39, 0.29) is 24.2 Å². The maximum absolute atomic E-state index is 12.2. The average molecular weight is 223 g/mol. The van der Waals surface area contributed by atoms with Gasteiger partial charge in [-0.05, 0) is 19.4 Å². The Hall–Kier alpha value is -0.580. The van der Waals surface area contributed by atoms with Crippen molar-refractivity contribution in [2.24, 2.45) is 5.92 Å². The molecule has 0 heterocycles. The first-order chi connectivity index (χ1) is 6.79. The standard InChI is InChI=1S/C10H16F3NO/c1-7-3-4-8(15)5-9(7)14(2)6-10(11,12)13/h7,9H,3-6H2,1-2H3.